The van der Waals surface area contributed by atoms with Crippen molar-refractivity contribution in [2.75, 3.05) is 26.2 Å². The van der Waals surface area contributed by atoms with Crippen molar-refractivity contribution in [2.45, 2.75) is 25.7 Å². The van der Waals surface area contributed by atoms with Gasteiger partial charge in [-0.3, -0.25) is 28.9 Å². The van der Waals surface area contributed by atoms with Crippen LogP contribution in [0.1, 0.15) is 25.7 Å². The van der Waals surface area contributed by atoms with Gasteiger partial charge in [-0.25, -0.2) is 0 Å². The molecule has 0 spiro atoms. The first kappa shape index (κ1) is 21.0. The van der Waals surface area contributed by atoms with Gasteiger partial charge in [-0.2, -0.15) is 0 Å². The highest BCUT2D eigenvalue weighted by Crippen LogP contribution is 2.07. The lowest BCUT2D eigenvalue weighted by atomic mass is 10.2. The van der Waals surface area contributed by atoms with E-state index in [2.05, 4.69) is 16.0 Å². The Morgan fingerprint density at radius 3 is 2.04 bits per heavy atom. The van der Waals surface area contributed by atoms with Crippen LogP contribution in [0.3, 0.4) is 0 Å². The highest BCUT2D eigenvalue weighted by Gasteiger charge is 2.22. The molecule has 10 heteroatoms. The molecule has 0 atom stereocenters. The lowest BCUT2D eigenvalue weighted by molar-refractivity contribution is -0.137. The first-order valence-corrected chi connectivity index (χ1v) is 8.21. The zero-order valence-electron chi connectivity index (χ0n) is 14.3. The minimum absolute atomic E-state index is 0.123. The Morgan fingerprint density at radius 2 is 1.42 bits per heavy atom. The smallest absolute Gasteiger partial charge is 0.253 e. The van der Waals surface area contributed by atoms with Gasteiger partial charge in [0.05, 0.1) is 19.6 Å². The molecule has 1 heterocycles. The fourth-order valence-corrected chi connectivity index (χ4v) is 2.11. The number of nitrogens with zero attached hydrogens (tertiary/aromatic N) is 1. The molecule has 0 saturated carbocycles. The van der Waals surface area contributed by atoms with Crippen LogP contribution >= 0.6 is 0 Å². The molecule has 5 amide bonds. The third kappa shape index (κ3) is 8.18. The van der Waals surface area contributed by atoms with Crippen LogP contribution in [0.15, 0.2) is 12.2 Å². The zero-order valence-corrected chi connectivity index (χ0v) is 14.3. The van der Waals surface area contributed by atoms with E-state index in [1.807, 2.05) is 0 Å². The van der Waals surface area contributed by atoms with E-state index in [9.17, 15) is 28.8 Å². The molecular formula is C16H22N4O6. The molecule has 0 fully saturated rings. The van der Waals surface area contributed by atoms with Gasteiger partial charge < -0.3 is 20.7 Å². The molecule has 0 saturated heterocycles. The number of carbonyl (C=O) groups is 6. The Morgan fingerprint density at radius 1 is 0.846 bits per heavy atom. The van der Waals surface area contributed by atoms with Crippen LogP contribution < -0.4 is 16.0 Å². The van der Waals surface area contributed by atoms with Crippen LogP contribution in [0.2, 0.25) is 0 Å². The maximum absolute atomic E-state index is 11.6. The molecule has 10 nitrogen and oxygen atoms in total. The van der Waals surface area contributed by atoms with Crippen molar-refractivity contribution in [1.82, 2.24) is 20.9 Å². The predicted molar refractivity (Wildman–Crippen MR) is 89.4 cm³/mol. The molecule has 0 aromatic carbocycles. The maximum Gasteiger partial charge on any atom is 0.253 e. The van der Waals surface area contributed by atoms with E-state index in [0.717, 1.165) is 4.90 Å². The van der Waals surface area contributed by atoms with Gasteiger partial charge in [-0.15, -0.1) is 0 Å². The van der Waals surface area contributed by atoms with Gasteiger partial charge in [0, 0.05) is 25.1 Å². The van der Waals surface area contributed by atoms with Gasteiger partial charge in [0.2, 0.25) is 17.7 Å². The first-order chi connectivity index (χ1) is 12.4. The summed E-state index contributed by atoms with van der Waals surface area (Å²) in [5.74, 6) is -1.96. The number of hydrogen-bond acceptors (Lipinski definition) is 6. The molecule has 3 N–H and O–H groups in total. The summed E-state index contributed by atoms with van der Waals surface area (Å²) < 4.78 is 0. The Kier molecular flexibility index (Phi) is 9.29. The molecule has 26 heavy (non-hydrogen) atoms. The van der Waals surface area contributed by atoms with Crippen molar-refractivity contribution in [3.8, 4) is 0 Å². The molecule has 0 radical (unpaired) electrons. The maximum atomic E-state index is 11.6. The highest BCUT2D eigenvalue weighted by molar-refractivity contribution is 6.12. The summed E-state index contributed by atoms with van der Waals surface area (Å²) in [5, 5.41) is 6.99. The van der Waals surface area contributed by atoms with Gasteiger partial charge in [0.1, 0.15) is 6.29 Å². The second-order valence-electron chi connectivity index (χ2n) is 5.50. The van der Waals surface area contributed by atoms with Crippen LogP contribution in [0.4, 0.5) is 0 Å². The van der Waals surface area contributed by atoms with Crippen molar-refractivity contribution < 1.29 is 28.8 Å². The number of hydrogen-bond donors (Lipinski definition) is 3. The van der Waals surface area contributed by atoms with Gasteiger partial charge >= 0.3 is 0 Å². The molecule has 1 aliphatic heterocycles. The van der Waals surface area contributed by atoms with E-state index >= 15 is 0 Å². The summed E-state index contributed by atoms with van der Waals surface area (Å²) in [7, 11) is 0. The molecule has 1 rings (SSSR count). The van der Waals surface area contributed by atoms with Crippen molar-refractivity contribution >= 4 is 35.8 Å². The van der Waals surface area contributed by atoms with Crippen LogP contribution in [0.25, 0.3) is 0 Å². The van der Waals surface area contributed by atoms with Gasteiger partial charge in [-0.05, 0) is 12.8 Å². The van der Waals surface area contributed by atoms with Gasteiger partial charge in [0.15, 0.2) is 0 Å². The quantitative estimate of drug-likeness (QED) is 0.208. The first-order valence-electron chi connectivity index (χ1n) is 8.21. The van der Waals surface area contributed by atoms with E-state index < -0.39 is 11.8 Å². The summed E-state index contributed by atoms with van der Waals surface area (Å²) in [6.07, 6.45) is 5.02. The predicted octanol–water partition coefficient (Wildman–Crippen LogP) is -1.98. The van der Waals surface area contributed by atoms with Gasteiger partial charge in [-0.1, -0.05) is 6.42 Å². The van der Waals surface area contributed by atoms with Crippen LogP contribution in [0, 0.1) is 0 Å². The zero-order chi connectivity index (χ0) is 19.4. The van der Waals surface area contributed by atoms with Crippen molar-refractivity contribution in [3.63, 3.8) is 0 Å². The summed E-state index contributed by atoms with van der Waals surface area (Å²) in [6.45, 7) is -0.323. The third-order valence-electron chi connectivity index (χ3n) is 3.46. The fourth-order valence-electron chi connectivity index (χ4n) is 2.11. The van der Waals surface area contributed by atoms with E-state index in [0.29, 0.717) is 32.1 Å². The summed E-state index contributed by atoms with van der Waals surface area (Å²) in [5.41, 5.74) is 0. The molecule has 0 bridgehead atoms. The third-order valence-corrected chi connectivity index (χ3v) is 3.46. The normalized spacial score (nSPS) is 12.8. The van der Waals surface area contributed by atoms with Crippen molar-refractivity contribution in [3.05, 3.63) is 12.2 Å². The SMILES string of the molecule is O=CCNC(=O)CNC(=O)CNC(=O)CCCCCN1C(=O)C=CC1=O. The second kappa shape index (κ2) is 11.5. The highest BCUT2D eigenvalue weighted by atomic mass is 16.2. The molecular weight excluding hydrogens is 344 g/mol. The number of imide groups is 1. The van der Waals surface area contributed by atoms with Crippen molar-refractivity contribution in [2.24, 2.45) is 0 Å². The van der Waals surface area contributed by atoms with Gasteiger partial charge in [0.25, 0.3) is 11.8 Å². The van der Waals surface area contributed by atoms with E-state index in [-0.39, 0.29) is 43.8 Å². The monoisotopic (exact) mass is 366 g/mol. The topological polar surface area (TPSA) is 142 Å². The molecule has 0 aliphatic carbocycles. The summed E-state index contributed by atoms with van der Waals surface area (Å²) in [6, 6.07) is 0. The largest absolute Gasteiger partial charge is 0.348 e. The second-order valence-corrected chi connectivity index (χ2v) is 5.50. The van der Waals surface area contributed by atoms with Crippen LogP contribution in [-0.4, -0.2) is 66.9 Å². The number of amides is 5. The van der Waals surface area contributed by atoms with Crippen LogP contribution in [0.5, 0.6) is 0 Å². The van der Waals surface area contributed by atoms with Crippen LogP contribution in [-0.2, 0) is 28.8 Å². The van der Waals surface area contributed by atoms with E-state index in [1.165, 1.54) is 12.2 Å². The Hall–Kier alpha value is -3.04. The average Bonchev–Trinajstić information content (AvgIpc) is 2.94. The Labute approximate surface area is 150 Å². The minimum atomic E-state index is -0.516. The lowest BCUT2D eigenvalue weighted by Crippen LogP contribution is -2.42. The minimum Gasteiger partial charge on any atom is -0.348 e. The fraction of sp³-hybridized carbons (Fsp3) is 0.500. The Balaban J connectivity index is 2.03. The summed E-state index contributed by atoms with van der Waals surface area (Å²) >= 11 is 0. The number of aldehydes is 1. The number of carbonyl (C=O) groups excluding carboxylic acids is 6. The standard InChI is InChI=1S/C16H22N4O6/c21-9-7-17-13(23)10-19-14(24)11-18-12(22)4-2-1-3-8-20-15(25)5-6-16(20)26/h5-6,9H,1-4,7-8,10-11H2,(H,17,23)(H,18,22)(H,19,24). The number of rotatable bonds is 12. The van der Waals surface area contributed by atoms with E-state index in [1.54, 1.807) is 0 Å². The summed E-state index contributed by atoms with van der Waals surface area (Å²) in [4.78, 5) is 68.1. The Bertz CT molecular complexity index is 584. The molecule has 0 aromatic rings. The number of unbranched alkanes of at least 4 members (excludes halogenated alkanes) is 2. The number of nitrogens with one attached hydrogen (secondary N) is 3. The molecule has 0 unspecified atom stereocenters. The van der Waals surface area contributed by atoms with Crippen molar-refractivity contribution in [1.29, 1.82) is 0 Å². The lowest BCUT2D eigenvalue weighted by Gasteiger charge is -2.13. The average molecular weight is 366 g/mol. The molecule has 1 aliphatic rings. The molecule has 142 valence electrons. The van der Waals surface area contributed by atoms with E-state index in [4.69, 9.17) is 0 Å². The molecule has 0 aromatic heterocycles.